The molecule has 4 aromatic rings. The minimum absolute atomic E-state index is 0.139. The molecule has 12 nitrogen and oxygen atoms in total. The van der Waals surface area contributed by atoms with Crippen LogP contribution in [0.2, 0.25) is 10.0 Å². The molecule has 0 bridgehead atoms. The van der Waals surface area contributed by atoms with Crippen molar-refractivity contribution < 1.29 is 14.4 Å². The van der Waals surface area contributed by atoms with Gasteiger partial charge in [0.15, 0.2) is 5.82 Å². The minimum atomic E-state index is -0.734. The maximum atomic E-state index is 14.2. The maximum Gasteiger partial charge on any atom is 0.273 e. The predicted octanol–water partition coefficient (Wildman–Crippen LogP) is 3.57. The van der Waals surface area contributed by atoms with E-state index in [0.29, 0.717) is 39.8 Å². The molecular weight excluding hydrogens is 593 g/mol. The average Bonchev–Trinajstić information content (AvgIpc) is 3.60. The van der Waals surface area contributed by atoms with Crippen LogP contribution in [0.25, 0.3) is 5.69 Å². The summed E-state index contributed by atoms with van der Waals surface area (Å²) in [7, 11) is 1.56. The first-order valence-corrected chi connectivity index (χ1v) is 14.6. The van der Waals surface area contributed by atoms with Gasteiger partial charge in [0.25, 0.3) is 11.8 Å². The van der Waals surface area contributed by atoms with Gasteiger partial charge in [-0.3, -0.25) is 14.4 Å². The van der Waals surface area contributed by atoms with E-state index in [1.807, 2.05) is 38.1 Å². The first-order valence-electron chi connectivity index (χ1n) is 13.8. The van der Waals surface area contributed by atoms with Crippen LogP contribution >= 0.6 is 23.2 Å². The largest absolute Gasteiger partial charge is 0.357 e. The number of hydrogen-bond acceptors (Lipinski definition) is 7. The van der Waals surface area contributed by atoms with Crippen LogP contribution in [-0.2, 0) is 17.8 Å². The maximum absolute atomic E-state index is 14.2. The number of nitrogens with zero attached hydrogens (tertiary/aromatic N) is 8. The van der Waals surface area contributed by atoms with Gasteiger partial charge in [-0.1, -0.05) is 35.3 Å². The SMILES string of the molecule is CNC(=O)[C@@H]1CN(C(C)c2ccc(-n3nnc(C)n3)cc2)C(=O)c2c3c(nn21)C[C@@H](C)N(C(=O)c1ccc(Cl)c(Cl)c1)C3. The molecule has 0 saturated carbocycles. The molecule has 222 valence electrons. The smallest absolute Gasteiger partial charge is 0.273 e. The molecule has 1 N–H and O–H groups in total. The highest BCUT2D eigenvalue weighted by molar-refractivity contribution is 6.42. The summed E-state index contributed by atoms with van der Waals surface area (Å²) in [6, 6.07) is 11.0. The van der Waals surface area contributed by atoms with Crippen molar-refractivity contribution in [3.63, 3.8) is 0 Å². The van der Waals surface area contributed by atoms with Gasteiger partial charge in [0, 0.05) is 30.6 Å². The number of likely N-dealkylation sites (N-methyl/N-ethyl adjacent to an activating group) is 1. The van der Waals surface area contributed by atoms with Gasteiger partial charge in [-0.05, 0) is 61.9 Å². The Hall–Kier alpha value is -4.29. The van der Waals surface area contributed by atoms with Crippen molar-refractivity contribution in [2.24, 2.45) is 0 Å². The number of fused-ring (bicyclic) bond motifs is 3. The summed E-state index contributed by atoms with van der Waals surface area (Å²) >= 11 is 12.3. The second-order valence-electron chi connectivity index (χ2n) is 10.8. The van der Waals surface area contributed by atoms with Gasteiger partial charge in [-0.15, -0.1) is 15.0 Å². The Morgan fingerprint density at radius 2 is 1.81 bits per heavy atom. The van der Waals surface area contributed by atoms with E-state index in [-0.39, 0.29) is 47.9 Å². The van der Waals surface area contributed by atoms with Crippen molar-refractivity contribution >= 4 is 40.9 Å². The molecule has 0 saturated heterocycles. The monoisotopic (exact) mass is 621 g/mol. The van der Waals surface area contributed by atoms with E-state index < -0.39 is 6.04 Å². The number of aromatic nitrogens is 6. The summed E-state index contributed by atoms with van der Waals surface area (Å²) in [6.45, 7) is 5.92. The zero-order valence-electron chi connectivity index (χ0n) is 24.0. The lowest BCUT2D eigenvalue weighted by Crippen LogP contribution is -2.49. The van der Waals surface area contributed by atoms with E-state index in [4.69, 9.17) is 28.3 Å². The molecule has 2 aromatic carbocycles. The first kappa shape index (κ1) is 28.8. The van der Waals surface area contributed by atoms with Crippen LogP contribution in [-0.4, -0.2) is 77.1 Å². The summed E-state index contributed by atoms with van der Waals surface area (Å²) in [5.74, 6) is -0.186. The van der Waals surface area contributed by atoms with E-state index in [0.717, 1.165) is 11.3 Å². The molecular formula is C29H29Cl2N9O3. The second-order valence-corrected chi connectivity index (χ2v) is 11.6. The van der Waals surface area contributed by atoms with E-state index in [1.165, 1.54) is 9.48 Å². The lowest BCUT2D eigenvalue weighted by Gasteiger charge is -2.38. The molecule has 4 heterocycles. The van der Waals surface area contributed by atoms with Crippen LogP contribution in [0, 0.1) is 6.92 Å². The quantitative estimate of drug-likeness (QED) is 0.360. The summed E-state index contributed by atoms with van der Waals surface area (Å²) < 4.78 is 1.54. The fourth-order valence-corrected chi connectivity index (χ4v) is 6.02. The van der Waals surface area contributed by atoms with E-state index in [2.05, 4.69) is 20.7 Å². The number of benzene rings is 2. The molecule has 0 radical (unpaired) electrons. The molecule has 0 spiro atoms. The molecule has 2 aromatic heterocycles. The van der Waals surface area contributed by atoms with Crippen molar-refractivity contribution in [3.05, 3.63) is 86.4 Å². The van der Waals surface area contributed by atoms with Crippen LogP contribution in [0.5, 0.6) is 0 Å². The van der Waals surface area contributed by atoms with Gasteiger partial charge in [-0.2, -0.15) is 5.10 Å². The van der Waals surface area contributed by atoms with Gasteiger partial charge in [0.1, 0.15) is 11.7 Å². The Bertz CT molecular complexity index is 1750. The summed E-state index contributed by atoms with van der Waals surface area (Å²) in [5, 5.41) is 20.3. The lowest BCUT2D eigenvalue weighted by molar-refractivity contribution is -0.125. The molecule has 14 heteroatoms. The Morgan fingerprint density at radius 1 is 1.07 bits per heavy atom. The minimum Gasteiger partial charge on any atom is -0.357 e. The number of aryl methyl sites for hydroxylation is 1. The van der Waals surface area contributed by atoms with Crippen LogP contribution < -0.4 is 5.32 Å². The molecule has 2 aliphatic heterocycles. The van der Waals surface area contributed by atoms with Crippen molar-refractivity contribution in [2.45, 2.75) is 51.9 Å². The van der Waals surface area contributed by atoms with Gasteiger partial charge in [0.05, 0.1) is 40.6 Å². The van der Waals surface area contributed by atoms with E-state index in [9.17, 15) is 14.4 Å². The number of amides is 3. The molecule has 43 heavy (non-hydrogen) atoms. The number of halogens is 2. The molecule has 1 unspecified atom stereocenters. The third kappa shape index (κ3) is 5.04. The van der Waals surface area contributed by atoms with Crippen LogP contribution in [0.1, 0.15) is 69.4 Å². The van der Waals surface area contributed by atoms with E-state index >= 15 is 0 Å². The summed E-state index contributed by atoms with van der Waals surface area (Å²) in [5.41, 5.74) is 3.67. The van der Waals surface area contributed by atoms with Crippen LogP contribution in [0.3, 0.4) is 0 Å². The normalized spacial score (nSPS) is 18.7. The molecule has 0 fully saturated rings. The number of carbonyl (C=O) groups excluding carboxylic acids is 3. The standard InChI is InChI=1S/C29H29Cl2N9O3/c1-15-11-24-21(13-37(15)28(42)19-7-10-22(30)23(31)12-19)26-29(43)38(14-25(27(41)32-4)39(26)35-24)16(2)18-5-8-20(9-6-18)40-34-17(3)33-36-40/h5-10,12,15-16,25H,11,13-14H2,1-4H3,(H,32,41)/t15-,16?,25+/m1/s1. The lowest BCUT2D eigenvalue weighted by atomic mass is 9.96. The molecule has 0 aliphatic carbocycles. The van der Waals surface area contributed by atoms with Crippen molar-refractivity contribution in [2.75, 3.05) is 13.6 Å². The first-order chi connectivity index (χ1) is 20.6. The predicted molar refractivity (Wildman–Crippen MR) is 158 cm³/mol. The van der Waals surface area contributed by atoms with Crippen molar-refractivity contribution in [1.29, 1.82) is 0 Å². The topological polar surface area (TPSA) is 131 Å². The zero-order chi connectivity index (χ0) is 30.6. The fourth-order valence-electron chi connectivity index (χ4n) is 5.72. The molecule has 6 rings (SSSR count). The van der Waals surface area contributed by atoms with Crippen molar-refractivity contribution in [1.82, 2.24) is 45.1 Å². The molecule has 3 atom stereocenters. The summed E-state index contributed by atoms with van der Waals surface area (Å²) in [4.78, 5) is 45.7. The summed E-state index contributed by atoms with van der Waals surface area (Å²) in [6.07, 6.45) is 0.433. The van der Waals surface area contributed by atoms with Gasteiger partial charge < -0.3 is 15.1 Å². The third-order valence-electron chi connectivity index (χ3n) is 8.13. The Morgan fingerprint density at radius 3 is 2.47 bits per heavy atom. The molecule has 3 amide bonds. The average molecular weight is 623 g/mol. The molecule has 2 aliphatic rings. The highest BCUT2D eigenvalue weighted by Crippen LogP contribution is 2.36. The highest BCUT2D eigenvalue weighted by atomic mass is 35.5. The number of nitrogens with one attached hydrogen (secondary N) is 1. The van der Waals surface area contributed by atoms with Crippen LogP contribution in [0.15, 0.2) is 42.5 Å². The number of hydrogen-bond donors (Lipinski definition) is 1. The van der Waals surface area contributed by atoms with Gasteiger partial charge >= 0.3 is 0 Å². The third-order valence-corrected chi connectivity index (χ3v) is 8.87. The second kappa shape index (κ2) is 11.1. The van der Waals surface area contributed by atoms with E-state index in [1.54, 1.807) is 42.0 Å². The zero-order valence-corrected chi connectivity index (χ0v) is 25.5. The Kier molecular flexibility index (Phi) is 7.43. The van der Waals surface area contributed by atoms with Crippen molar-refractivity contribution in [3.8, 4) is 5.69 Å². The van der Waals surface area contributed by atoms with Gasteiger partial charge in [-0.25, -0.2) is 4.68 Å². The number of carbonyl (C=O) groups is 3. The number of tetrazole rings is 1. The Balaban J connectivity index is 1.34. The number of rotatable bonds is 5. The van der Waals surface area contributed by atoms with Gasteiger partial charge in [0.2, 0.25) is 5.91 Å². The fraction of sp³-hybridized carbons (Fsp3) is 0.345. The highest BCUT2D eigenvalue weighted by Gasteiger charge is 2.43. The van der Waals surface area contributed by atoms with Crippen LogP contribution in [0.4, 0.5) is 0 Å². The Labute approximate surface area is 257 Å².